The van der Waals surface area contributed by atoms with Gasteiger partial charge in [-0.05, 0) is 20.8 Å². The molecule has 1 aliphatic heterocycles. The van der Waals surface area contributed by atoms with Gasteiger partial charge in [0.15, 0.2) is 9.84 Å². The molecule has 1 heterocycles. The van der Waals surface area contributed by atoms with E-state index >= 15 is 0 Å². The number of sulfone groups is 1. The normalized spacial score (nSPS) is 22.5. The Morgan fingerprint density at radius 2 is 2.12 bits per heavy atom. The highest BCUT2D eigenvalue weighted by Gasteiger charge is 2.28. The van der Waals surface area contributed by atoms with Crippen LogP contribution in [-0.4, -0.2) is 55.9 Å². The predicted octanol–water partition coefficient (Wildman–Crippen LogP) is -0.370. The highest BCUT2D eigenvalue weighted by atomic mass is 32.2. The fourth-order valence-electron chi connectivity index (χ4n) is 1.63. The fourth-order valence-corrected chi connectivity index (χ4v) is 2.48. The predicted molar refractivity (Wildman–Crippen MR) is 63.0 cm³/mol. The molecule has 1 aliphatic rings. The molecule has 1 fully saturated rings. The average molecular weight is 248 g/mol. The smallest absolute Gasteiger partial charge is 0.238 e. The lowest BCUT2D eigenvalue weighted by Gasteiger charge is -2.34. The van der Waals surface area contributed by atoms with E-state index in [2.05, 4.69) is 5.32 Å². The molecule has 1 rings (SSSR count). The minimum Gasteiger partial charge on any atom is -0.337 e. The Hall–Kier alpha value is -0.620. The van der Waals surface area contributed by atoms with Gasteiger partial charge in [-0.3, -0.25) is 4.79 Å². The van der Waals surface area contributed by atoms with Crippen molar-refractivity contribution < 1.29 is 13.2 Å². The third-order valence-corrected chi connectivity index (χ3v) is 4.95. The Morgan fingerprint density at radius 3 is 2.62 bits per heavy atom. The number of carbonyl (C=O) groups is 1. The molecule has 1 amide bonds. The van der Waals surface area contributed by atoms with E-state index in [1.807, 2.05) is 6.92 Å². The van der Waals surface area contributed by atoms with Gasteiger partial charge < -0.3 is 10.2 Å². The van der Waals surface area contributed by atoms with Gasteiger partial charge in [-0.25, -0.2) is 8.42 Å². The molecule has 1 atom stereocenters. The van der Waals surface area contributed by atoms with Gasteiger partial charge in [0.1, 0.15) is 5.75 Å². The van der Waals surface area contributed by atoms with Crippen LogP contribution in [0.5, 0.6) is 0 Å². The number of nitrogens with zero attached hydrogens (tertiary/aromatic N) is 1. The largest absolute Gasteiger partial charge is 0.337 e. The monoisotopic (exact) mass is 248 g/mol. The molecule has 0 aromatic heterocycles. The van der Waals surface area contributed by atoms with Crippen molar-refractivity contribution in [1.29, 1.82) is 0 Å². The first-order valence-electron chi connectivity index (χ1n) is 5.56. The first-order chi connectivity index (χ1) is 7.34. The molecule has 1 N–H and O–H groups in total. The van der Waals surface area contributed by atoms with Gasteiger partial charge in [0, 0.05) is 25.7 Å². The molecular weight excluding hydrogens is 228 g/mol. The molecule has 0 bridgehead atoms. The molecule has 94 valence electrons. The highest BCUT2D eigenvalue weighted by molar-refractivity contribution is 7.92. The van der Waals surface area contributed by atoms with Gasteiger partial charge in [-0.15, -0.1) is 0 Å². The van der Waals surface area contributed by atoms with Crippen LogP contribution in [0, 0.1) is 0 Å². The number of amides is 1. The van der Waals surface area contributed by atoms with Crippen molar-refractivity contribution in [2.24, 2.45) is 0 Å². The highest BCUT2D eigenvalue weighted by Crippen LogP contribution is 2.07. The average Bonchev–Trinajstić information content (AvgIpc) is 2.17. The Labute approximate surface area is 97.1 Å². The second-order valence-electron chi connectivity index (χ2n) is 4.50. The van der Waals surface area contributed by atoms with Crippen LogP contribution in [0.3, 0.4) is 0 Å². The summed E-state index contributed by atoms with van der Waals surface area (Å²) in [4.78, 5) is 13.5. The number of piperazine rings is 1. The summed E-state index contributed by atoms with van der Waals surface area (Å²) in [5.41, 5.74) is 0. The zero-order valence-electron chi connectivity index (χ0n) is 10.1. The SMILES string of the molecule is CC(C)S(=O)(=O)CC(=O)N1CCNC[C@H]1C. The maximum atomic E-state index is 11.8. The molecule has 16 heavy (non-hydrogen) atoms. The van der Waals surface area contributed by atoms with Gasteiger partial charge in [-0.1, -0.05) is 0 Å². The van der Waals surface area contributed by atoms with Gasteiger partial charge in [0.2, 0.25) is 5.91 Å². The summed E-state index contributed by atoms with van der Waals surface area (Å²) in [7, 11) is -3.28. The number of carbonyl (C=O) groups excluding carboxylic acids is 1. The zero-order chi connectivity index (χ0) is 12.3. The summed E-state index contributed by atoms with van der Waals surface area (Å²) in [6.45, 7) is 7.18. The maximum absolute atomic E-state index is 11.8. The molecule has 0 aromatic carbocycles. The Balaban J connectivity index is 2.65. The molecule has 0 spiro atoms. The molecule has 0 aromatic rings. The van der Waals surface area contributed by atoms with Gasteiger partial charge in [0.05, 0.1) is 5.25 Å². The van der Waals surface area contributed by atoms with Crippen molar-refractivity contribution in [3.05, 3.63) is 0 Å². The number of rotatable bonds is 3. The summed E-state index contributed by atoms with van der Waals surface area (Å²) < 4.78 is 23.3. The standard InChI is InChI=1S/C10H20N2O3S/c1-8(2)16(14,15)7-10(13)12-5-4-11-6-9(12)3/h8-9,11H,4-7H2,1-3H3/t9-/m1/s1. The lowest BCUT2D eigenvalue weighted by atomic mass is 10.2. The molecule has 0 unspecified atom stereocenters. The minimum atomic E-state index is -3.28. The number of hydrogen-bond donors (Lipinski definition) is 1. The Kier molecular flexibility index (Phi) is 4.32. The lowest BCUT2D eigenvalue weighted by molar-refractivity contribution is -0.131. The zero-order valence-corrected chi connectivity index (χ0v) is 10.9. The second-order valence-corrected chi connectivity index (χ2v) is 7.05. The van der Waals surface area contributed by atoms with Crippen molar-refractivity contribution in [3.8, 4) is 0 Å². The van der Waals surface area contributed by atoms with E-state index in [1.54, 1.807) is 18.7 Å². The molecular formula is C10H20N2O3S. The van der Waals surface area contributed by atoms with Crippen LogP contribution in [0.1, 0.15) is 20.8 Å². The summed E-state index contributed by atoms with van der Waals surface area (Å²) in [5, 5.41) is 2.67. The van der Waals surface area contributed by atoms with Crippen LogP contribution in [0.15, 0.2) is 0 Å². The quantitative estimate of drug-likeness (QED) is 0.740. The van der Waals surface area contributed by atoms with Crippen molar-refractivity contribution >= 4 is 15.7 Å². The minimum absolute atomic E-state index is 0.0728. The van der Waals surface area contributed by atoms with E-state index in [9.17, 15) is 13.2 Å². The molecule has 5 nitrogen and oxygen atoms in total. The first-order valence-corrected chi connectivity index (χ1v) is 7.28. The first kappa shape index (κ1) is 13.4. The summed E-state index contributed by atoms with van der Waals surface area (Å²) in [6.07, 6.45) is 0. The molecule has 0 radical (unpaired) electrons. The fraction of sp³-hybridized carbons (Fsp3) is 0.900. The van der Waals surface area contributed by atoms with Crippen LogP contribution in [0.25, 0.3) is 0 Å². The lowest BCUT2D eigenvalue weighted by Crippen LogP contribution is -2.53. The Bertz CT molecular complexity index is 351. The van der Waals surface area contributed by atoms with Gasteiger partial charge in [0.25, 0.3) is 0 Å². The van der Waals surface area contributed by atoms with Crippen molar-refractivity contribution in [1.82, 2.24) is 10.2 Å². The van der Waals surface area contributed by atoms with Gasteiger partial charge >= 0.3 is 0 Å². The van der Waals surface area contributed by atoms with E-state index in [1.165, 1.54) is 0 Å². The molecule has 1 saturated heterocycles. The van der Waals surface area contributed by atoms with E-state index < -0.39 is 15.1 Å². The van der Waals surface area contributed by atoms with Crippen LogP contribution in [0.2, 0.25) is 0 Å². The van der Waals surface area contributed by atoms with Crippen molar-refractivity contribution in [2.75, 3.05) is 25.4 Å². The Morgan fingerprint density at radius 1 is 1.50 bits per heavy atom. The molecule has 0 saturated carbocycles. The third kappa shape index (κ3) is 3.18. The topological polar surface area (TPSA) is 66.5 Å². The third-order valence-electron chi connectivity index (χ3n) is 2.86. The van der Waals surface area contributed by atoms with Crippen molar-refractivity contribution in [3.63, 3.8) is 0 Å². The van der Waals surface area contributed by atoms with Crippen LogP contribution >= 0.6 is 0 Å². The van der Waals surface area contributed by atoms with Crippen LogP contribution < -0.4 is 5.32 Å². The van der Waals surface area contributed by atoms with Crippen LogP contribution in [-0.2, 0) is 14.6 Å². The number of hydrogen-bond acceptors (Lipinski definition) is 4. The van der Waals surface area contributed by atoms with E-state index in [4.69, 9.17) is 0 Å². The molecule has 0 aliphatic carbocycles. The van der Waals surface area contributed by atoms with Crippen molar-refractivity contribution in [2.45, 2.75) is 32.1 Å². The maximum Gasteiger partial charge on any atom is 0.238 e. The van der Waals surface area contributed by atoms with E-state index in [0.717, 1.165) is 13.1 Å². The number of nitrogens with one attached hydrogen (secondary N) is 1. The van der Waals surface area contributed by atoms with E-state index in [0.29, 0.717) is 6.54 Å². The summed E-state index contributed by atoms with van der Waals surface area (Å²) in [6, 6.07) is 0.0728. The molecule has 6 heteroatoms. The van der Waals surface area contributed by atoms with Crippen LogP contribution in [0.4, 0.5) is 0 Å². The van der Waals surface area contributed by atoms with Gasteiger partial charge in [-0.2, -0.15) is 0 Å². The van der Waals surface area contributed by atoms with E-state index in [-0.39, 0.29) is 17.7 Å². The summed E-state index contributed by atoms with van der Waals surface area (Å²) >= 11 is 0. The summed E-state index contributed by atoms with van der Waals surface area (Å²) in [5.74, 6) is -0.641. The second kappa shape index (κ2) is 5.14.